The molecule has 1 unspecified atom stereocenters. The number of hydrogen-bond acceptors (Lipinski definition) is 7. The van der Waals surface area contributed by atoms with E-state index in [1.54, 1.807) is 0 Å². The van der Waals surface area contributed by atoms with E-state index < -0.39 is 0 Å². The second-order valence-corrected chi connectivity index (χ2v) is 9.71. The Kier molecular flexibility index (Phi) is 5.05. The van der Waals surface area contributed by atoms with Crippen LogP contribution in [0, 0.1) is 12.8 Å². The van der Waals surface area contributed by atoms with E-state index in [1.807, 2.05) is 32.9 Å². The van der Waals surface area contributed by atoms with Gasteiger partial charge in [-0.25, -0.2) is 4.98 Å². The quantitative estimate of drug-likeness (QED) is 0.588. The van der Waals surface area contributed by atoms with Crippen molar-refractivity contribution in [3.63, 3.8) is 0 Å². The predicted octanol–water partition coefficient (Wildman–Crippen LogP) is 5.22. The summed E-state index contributed by atoms with van der Waals surface area (Å²) >= 11 is 8.83. The van der Waals surface area contributed by atoms with Crippen LogP contribution < -0.4 is 5.32 Å². The van der Waals surface area contributed by atoms with Gasteiger partial charge in [0.1, 0.15) is 15.9 Å². The zero-order valence-corrected chi connectivity index (χ0v) is 17.5. The number of aryl methyl sites for hydroxylation is 1. The second-order valence-electron chi connectivity index (χ2n) is 7.00. The summed E-state index contributed by atoms with van der Waals surface area (Å²) in [6, 6.07) is 3.42. The molecule has 0 spiro atoms. The molecule has 0 bridgehead atoms. The van der Waals surface area contributed by atoms with Crippen molar-refractivity contribution < 1.29 is 9.32 Å². The van der Waals surface area contributed by atoms with Crippen LogP contribution in [0.3, 0.4) is 0 Å². The van der Waals surface area contributed by atoms with Crippen molar-refractivity contribution in [3.8, 4) is 9.88 Å². The molecule has 0 saturated heterocycles. The molecule has 6 nitrogen and oxygen atoms in total. The third kappa shape index (κ3) is 3.93. The summed E-state index contributed by atoms with van der Waals surface area (Å²) in [5.41, 5.74) is 0.698. The Balaban J connectivity index is 1.55. The molecule has 0 aliphatic heterocycles. The smallest absolute Gasteiger partial charge is 0.263 e. The summed E-state index contributed by atoms with van der Waals surface area (Å²) in [6.07, 6.45) is 2.21. The molecule has 1 aliphatic rings. The Morgan fingerprint density at radius 2 is 2.07 bits per heavy atom. The second kappa shape index (κ2) is 7.33. The average molecular weight is 423 g/mol. The molecular formula is C18H19ClN4O2S2. The lowest BCUT2D eigenvalue weighted by Crippen LogP contribution is -2.32. The molecule has 4 rings (SSSR count). The van der Waals surface area contributed by atoms with Crippen LogP contribution >= 0.6 is 34.3 Å². The van der Waals surface area contributed by atoms with Gasteiger partial charge in [-0.3, -0.25) is 4.79 Å². The number of carbonyl (C=O) groups is 1. The van der Waals surface area contributed by atoms with E-state index in [2.05, 4.69) is 20.4 Å². The van der Waals surface area contributed by atoms with Crippen LogP contribution in [0.25, 0.3) is 9.88 Å². The standard InChI is InChI=1S/C18H19ClN4O2S2/c1-8(2)13(17-22-15(23-25-17)10-4-5-10)21-16(24)14-9(3)20-18(27-14)11-6-7-12(19)26-11/h6-8,10,13H,4-5H2,1-3H3,(H,21,24). The van der Waals surface area contributed by atoms with E-state index in [4.69, 9.17) is 16.1 Å². The van der Waals surface area contributed by atoms with E-state index >= 15 is 0 Å². The zero-order chi connectivity index (χ0) is 19.1. The number of thiophene rings is 1. The predicted molar refractivity (Wildman–Crippen MR) is 106 cm³/mol. The number of halogens is 1. The summed E-state index contributed by atoms with van der Waals surface area (Å²) in [6.45, 7) is 5.88. The maximum absolute atomic E-state index is 12.9. The van der Waals surface area contributed by atoms with Gasteiger partial charge in [-0.15, -0.1) is 22.7 Å². The van der Waals surface area contributed by atoms with E-state index in [1.165, 1.54) is 22.7 Å². The summed E-state index contributed by atoms with van der Waals surface area (Å²) in [5, 5.41) is 7.91. The minimum absolute atomic E-state index is 0.116. The van der Waals surface area contributed by atoms with Gasteiger partial charge in [0.2, 0.25) is 5.89 Å². The zero-order valence-electron chi connectivity index (χ0n) is 15.2. The van der Waals surface area contributed by atoms with Gasteiger partial charge in [-0.1, -0.05) is 30.6 Å². The van der Waals surface area contributed by atoms with Crippen LogP contribution in [0.5, 0.6) is 0 Å². The Hall–Kier alpha value is -1.77. The first kappa shape index (κ1) is 18.6. The van der Waals surface area contributed by atoms with Crippen molar-refractivity contribution in [3.05, 3.63) is 38.8 Å². The number of nitrogens with one attached hydrogen (secondary N) is 1. The Labute approximate surface area is 170 Å². The Morgan fingerprint density at radius 3 is 2.70 bits per heavy atom. The summed E-state index contributed by atoms with van der Waals surface area (Å²) in [5.74, 6) is 1.56. The molecular weight excluding hydrogens is 404 g/mol. The third-order valence-electron chi connectivity index (χ3n) is 4.41. The van der Waals surface area contributed by atoms with Crippen molar-refractivity contribution in [2.45, 2.75) is 45.6 Å². The molecule has 142 valence electrons. The monoisotopic (exact) mass is 422 g/mol. The van der Waals surface area contributed by atoms with Crippen LogP contribution in [-0.2, 0) is 0 Å². The molecule has 9 heteroatoms. The molecule has 3 heterocycles. The molecule has 1 N–H and O–H groups in total. The fourth-order valence-electron chi connectivity index (χ4n) is 2.74. The summed E-state index contributed by atoms with van der Waals surface area (Å²) in [4.78, 5) is 23.5. The van der Waals surface area contributed by atoms with Crippen molar-refractivity contribution in [2.75, 3.05) is 0 Å². The summed E-state index contributed by atoms with van der Waals surface area (Å²) in [7, 11) is 0. The first-order valence-electron chi connectivity index (χ1n) is 8.80. The van der Waals surface area contributed by atoms with Crippen LogP contribution in [0.2, 0.25) is 4.34 Å². The van der Waals surface area contributed by atoms with Crippen LogP contribution in [0.15, 0.2) is 16.7 Å². The molecule has 0 aromatic carbocycles. The maximum Gasteiger partial charge on any atom is 0.263 e. The average Bonchev–Trinajstić information content (AvgIpc) is 3.03. The number of hydrogen-bond donors (Lipinski definition) is 1. The van der Waals surface area contributed by atoms with Gasteiger partial charge in [-0.2, -0.15) is 4.98 Å². The highest BCUT2D eigenvalue weighted by Gasteiger charge is 2.32. The fourth-order valence-corrected chi connectivity index (χ4v) is 4.81. The molecule has 3 aromatic rings. The molecule has 27 heavy (non-hydrogen) atoms. The first-order valence-corrected chi connectivity index (χ1v) is 10.8. The van der Waals surface area contributed by atoms with Crippen molar-refractivity contribution in [1.82, 2.24) is 20.4 Å². The number of carbonyl (C=O) groups excluding carboxylic acids is 1. The summed E-state index contributed by atoms with van der Waals surface area (Å²) < 4.78 is 6.13. The number of rotatable bonds is 6. The van der Waals surface area contributed by atoms with Gasteiger partial charge in [0, 0.05) is 5.92 Å². The molecule has 1 amide bonds. The number of amides is 1. The minimum atomic E-state index is -0.335. The number of nitrogens with zero attached hydrogens (tertiary/aromatic N) is 3. The third-order valence-corrected chi connectivity index (χ3v) is 6.96. The van der Waals surface area contributed by atoms with Crippen molar-refractivity contribution in [2.24, 2.45) is 5.92 Å². The lowest BCUT2D eigenvalue weighted by molar-refractivity contribution is 0.0917. The van der Waals surface area contributed by atoms with Gasteiger partial charge in [0.25, 0.3) is 5.91 Å². The number of aromatic nitrogens is 3. The molecule has 1 fully saturated rings. The Bertz CT molecular complexity index is 974. The van der Waals surface area contributed by atoms with E-state index in [0.717, 1.165) is 28.6 Å². The molecule has 0 radical (unpaired) electrons. The van der Waals surface area contributed by atoms with Gasteiger partial charge < -0.3 is 9.84 Å². The van der Waals surface area contributed by atoms with Crippen LogP contribution in [-0.4, -0.2) is 21.0 Å². The maximum atomic E-state index is 12.9. The van der Waals surface area contributed by atoms with E-state index in [9.17, 15) is 4.79 Å². The minimum Gasteiger partial charge on any atom is -0.339 e. The molecule has 3 aromatic heterocycles. The normalized spacial score (nSPS) is 15.3. The Morgan fingerprint density at radius 1 is 1.30 bits per heavy atom. The topological polar surface area (TPSA) is 80.9 Å². The highest BCUT2D eigenvalue weighted by Crippen LogP contribution is 2.39. The van der Waals surface area contributed by atoms with Gasteiger partial charge in [0.05, 0.1) is 14.9 Å². The van der Waals surface area contributed by atoms with Gasteiger partial charge in [0.15, 0.2) is 5.82 Å². The lowest BCUT2D eigenvalue weighted by atomic mass is 10.0. The molecule has 1 aliphatic carbocycles. The lowest BCUT2D eigenvalue weighted by Gasteiger charge is -2.18. The largest absolute Gasteiger partial charge is 0.339 e. The first-order chi connectivity index (χ1) is 12.9. The molecule has 1 atom stereocenters. The van der Waals surface area contributed by atoms with Gasteiger partial charge in [-0.05, 0) is 37.8 Å². The highest BCUT2D eigenvalue weighted by atomic mass is 35.5. The van der Waals surface area contributed by atoms with E-state index in [0.29, 0.717) is 26.7 Å². The van der Waals surface area contributed by atoms with Crippen LogP contribution in [0.4, 0.5) is 0 Å². The SMILES string of the molecule is Cc1nc(-c2ccc(Cl)s2)sc1C(=O)NC(c1nc(C2CC2)no1)C(C)C. The number of thiazole rings is 1. The van der Waals surface area contributed by atoms with E-state index in [-0.39, 0.29) is 17.9 Å². The fraction of sp³-hybridized carbons (Fsp3) is 0.444. The van der Waals surface area contributed by atoms with Gasteiger partial charge >= 0.3 is 0 Å². The van der Waals surface area contributed by atoms with Crippen LogP contribution in [0.1, 0.15) is 65.7 Å². The van der Waals surface area contributed by atoms with Crippen molar-refractivity contribution >= 4 is 40.2 Å². The highest BCUT2D eigenvalue weighted by molar-refractivity contribution is 7.24. The molecule has 1 saturated carbocycles. The van der Waals surface area contributed by atoms with Crippen molar-refractivity contribution in [1.29, 1.82) is 0 Å².